The van der Waals surface area contributed by atoms with E-state index in [1.54, 1.807) is 17.8 Å². The summed E-state index contributed by atoms with van der Waals surface area (Å²) in [6.45, 7) is 0. The van der Waals surface area contributed by atoms with Gasteiger partial charge in [0.1, 0.15) is 6.26 Å². The molecule has 0 radical (unpaired) electrons. The Hall–Kier alpha value is -0.260. The second-order valence-corrected chi connectivity index (χ2v) is 1.32. The molecule has 0 atom stereocenters. The van der Waals surface area contributed by atoms with E-state index in [2.05, 4.69) is 4.42 Å². The van der Waals surface area contributed by atoms with E-state index in [4.69, 9.17) is 5.41 Å². The smallest absolute Gasteiger partial charge is 0.293 e. The fraction of sp³-hybridized carbons (Fsp3) is 0.250. The first kappa shape index (κ1) is 7.74. The zero-order valence-corrected chi connectivity index (χ0v) is 6.75. The Balaban J connectivity index is 0.000000490. The highest BCUT2D eigenvalue weighted by Gasteiger charge is 1.79. The maximum absolute atomic E-state index is 6.90. The van der Waals surface area contributed by atoms with Crippen LogP contribution in [-0.4, -0.2) is 4.57 Å². The molecule has 0 fully saturated rings. The number of nitrogens with one attached hydrogen (secondary N) is 1. The first-order valence-electron chi connectivity index (χ1n) is 1.95. The molecule has 0 aromatic carbocycles. The minimum atomic E-state index is 0. The number of hydrogen-bond acceptors (Lipinski definition) is 2. The van der Waals surface area contributed by atoms with Crippen LogP contribution in [0.4, 0.5) is 0 Å². The van der Waals surface area contributed by atoms with Crippen molar-refractivity contribution in [3.8, 4) is 0 Å². The molecule has 46 valence electrons. The van der Waals surface area contributed by atoms with Crippen molar-refractivity contribution in [3.63, 3.8) is 0 Å². The third-order valence-corrected chi connectivity index (χ3v) is 0.784. The van der Waals surface area contributed by atoms with E-state index in [9.17, 15) is 0 Å². The molecule has 0 spiro atoms. The van der Waals surface area contributed by atoms with Crippen molar-refractivity contribution in [1.29, 1.82) is 5.41 Å². The Bertz CT molecular complexity index is 202. The molecular formula is C4H7IN2O. The van der Waals surface area contributed by atoms with Gasteiger partial charge < -0.3 is 8.98 Å². The molecule has 0 saturated heterocycles. The van der Waals surface area contributed by atoms with Crippen molar-refractivity contribution < 1.29 is 4.42 Å². The molecule has 0 unspecified atom stereocenters. The second-order valence-electron chi connectivity index (χ2n) is 1.32. The summed E-state index contributed by atoms with van der Waals surface area (Å²) >= 11 is 0. The van der Waals surface area contributed by atoms with E-state index in [1.807, 2.05) is 0 Å². The maximum Gasteiger partial charge on any atom is 0.293 e. The van der Waals surface area contributed by atoms with Gasteiger partial charge in [-0.15, -0.1) is 24.0 Å². The maximum atomic E-state index is 6.90. The summed E-state index contributed by atoms with van der Waals surface area (Å²) in [5.74, 6) is 0. The number of nitrogens with zero attached hydrogens (tertiary/aromatic N) is 1. The average Bonchev–Trinajstić information content (AvgIpc) is 1.91. The summed E-state index contributed by atoms with van der Waals surface area (Å²) in [4.78, 5) is 0. The van der Waals surface area contributed by atoms with Crippen LogP contribution in [0.2, 0.25) is 0 Å². The number of halogens is 1. The Morgan fingerprint density at radius 1 is 1.75 bits per heavy atom. The van der Waals surface area contributed by atoms with Gasteiger partial charge in [0.2, 0.25) is 0 Å². The highest BCUT2D eigenvalue weighted by atomic mass is 127. The quantitative estimate of drug-likeness (QED) is 0.650. The van der Waals surface area contributed by atoms with Crippen molar-refractivity contribution in [2.24, 2.45) is 7.05 Å². The highest BCUT2D eigenvalue weighted by Crippen LogP contribution is 1.71. The summed E-state index contributed by atoms with van der Waals surface area (Å²) in [7, 11) is 1.76. The summed E-state index contributed by atoms with van der Waals surface area (Å²) in [5.41, 5.74) is 0.181. The van der Waals surface area contributed by atoms with Gasteiger partial charge in [-0.3, -0.25) is 5.41 Å². The third kappa shape index (κ3) is 1.36. The Kier molecular flexibility index (Phi) is 2.81. The van der Waals surface area contributed by atoms with Crippen LogP contribution < -0.4 is 5.68 Å². The monoisotopic (exact) mass is 226 g/mol. The zero-order chi connectivity index (χ0) is 5.28. The van der Waals surface area contributed by atoms with E-state index in [1.165, 1.54) is 6.26 Å². The lowest BCUT2D eigenvalue weighted by Gasteiger charge is -1.77. The molecule has 1 aromatic heterocycles. The first-order valence-corrected chi connectivity index (χ1v) is 1.95. The predicted octanol–water partition coefficient (Wildman–Crippen LogP) is 0.716. The van der Waals surface area contributed by atoms with Crippen LogP contribution in [0.25, 0.3) is 0 Å². The molecular weight excluding hydrogens is 219 g/mol. The molecule has 0 aliphatic carbocycles. The van der Waals surface area contributed by atoms with E-state index in [0.717, 1.165) is 0 Å². The van der Waals surface area contributed by atoms with Crippen LogP contribution in [0, 0.1) is 5.41 Å². The second kappa shape index (κ2) is 2.91. The molecule has 4 heteroatoms. The largest absolute Gasteiger partial charge is 0.432 e. The summed E-state index contributed by atoms with van der Waals surface area (Å²) < 4.78 is 6.18. The van der Waals surface area contributed by atoms with Gasteiger partial charge in [0.05, 0.1) is 0 Å². The van der Waals surface area contributed by atoms with Crippen LogP contribution in [0.15, 0.2) is 16.9 Å². The van der Waals surface area contributed by atoms with Gasteiger partial charge in [0.15, 0.2) is 0 Å². The molecule has 1 N–H and O–H groups in total. The van der Waals surface area contributed by atoms with E-state index in [-0.39, 0.29) is 29.7 Å². The van der Waals surface area contributed by atoms with Crippen LogP contribution in [-0.2, 0) is 7.05 Å². The van der Waals surface area contributed by atoms with Gasteiger partial charge in [-0.1, -0.05) is 0 Å². The Labute approximate surface area is 63.8 Å². The summed E-state index contributed by atoms with van der Waals surface area (Å²) in [5, 5.41) is 6.90. The molecule has 1 aromatic rings. The van der Waals surface area contributed by atoms with Crippen LogP contribution in [0.1, 0.15) is 0 Å². The third-order valence-electron chi connectivity index (χ3n) is 0.784. The van der Waals surface area contributed by atoms with E-state index >= 15 is 0 Å². The van der Waals surface area contributed by atoms with Gasteiger partial charge in [-0.2, -0.15) is 0 Å². The first-order chi connectivity index (χ1) is 3.30. The van der Waals surface area contributed by atoms with Gasteiger partial charge in [0.25, 0.3) is 5.68 Å². The molecule has 0 aliphatic heterocycles. The van der Waals surface area contributed by atoms with Crippen molar-refractivity contribution in [3.05, 3.63) is 18.1 Å². The molecule has 0 bridgehead atoms. The van der Waals surface area contributed by atoms with Crippen molar-refractivity contribution >= 4 is 24.0 Å². The lowest BCUT2D eigenvalue weighted by atomic mass is 10.9. The summed E-state index contributed by atoms with van der Waals surface area (Å²) in [6, 6.07) is 0. The number of oxazole rings is 1. The van der Waals surface area contributed by atoms with Crippen LogP contribution >= 0.6 is 24.0 Å². The van der Waals surface area contributed by atoms with Gasteiger partial charge in [0, 0.05) is 13.2 Å². The minimum Gasteiger partial charge on any atom is -0.432 e. The Morgan fingerprint density at radius 2 is 2.38 bits per heavy atom. The van der Waals surface area contributed by atoms with Crippen LogP contribution in [0.3, 0.4) is 0 Å². The van der Waals surface area contributed by atoms with Gasteiger partial charge in [-0.05, 0) is 0 Å². The minimum absolute atomic E-state index is 0. The number of aromatic nitrogens is 1. The standard InChI is InChI=1S/C4H6N2O.HI/c1-6-2-3-7-4(6)5;/h2-3,5H,1H3;1H. The highest BCUT2D eigenvalue weighted by molar-refractivity contribution is 14.0. The Morgan fingerprint density at radius 3 is 2.50 bits per heavy atom. The average molecular weight is 226 g/mol. The van der Waals surface area contributed by atoms with Gasteiger partial charge in [-0.25, -0.2) is 0 Å². The lowest BCUT2D eigenvalue weighted by molar-refractivity contribution is 0.466. The topological polar surface area (TPSA) is 41.9 Å². The van der Waals surface area contributed by atoms with Crippen molar-refractivity contribution in [1.82, 2.24) is 4.57 Å². The van der Waals surface area contributed by atoms with E-state index in [0.29, 0.717) is 0 Å². The molecule has 1 rings (SSSR count). The normalized spacial score (nSPS) is 8.12. The molecule has 0 aliphatic rings. The zero-order valence-electron chi connectivity index (χ0n) is 4.42. The van der Waals surface area contributed by atoms with E-state index < -0.39 is 0 Å². The van der Waals surface area contributed by atoms with Crippen molar-refractivity contribution in [2.45, 2.75) is 0 Å². The number of rotatable bonds is 0. The molecule has 1 heterocycles. The van der Waals surface area contributed by atoms with Crippen LogP contribution in [0.5, 0.6) is 0 Å². The lowest BCUT2D eigenvalue weighted by Crippen LogP contribution is -2.07. The fourth-order valence-corrected chi connectivity index (χ4v) is 0.337. The summed E-state index contributed by atoms with van der Waals surface area (Å²) in [6.07, 6.45) is 3.16. The number of hydrogen-bond donors (Lipinski definition) is 1. The molecule has 0 amide bonds. The predicted molar refractivity (Wildman–Crippen MR) is 38.9 cm³/mol. The van der Waals surface area contributed by atoms with Crippen molar-refractivity contribution in [2.75, 3.05) is 0 Å². The van der Waals surface area contributed by atoms with Gasteiger partial charge >= 0.3 is 0 Å². The molecule has 8 heavy (non-hydrogen) atoms. The molecule has 0 saturated carbocycles. The fourth-order valence-electron chi connectivity index (χ4n) is 0.337. The molecule has 3 nitrogen and oxygen atoms in total. The number of aryl methyl sites for hydroxylation is 1. The SMILES string of the molecule is Cn1ccoc1=N.I.